The molecule has 1 atom stereocenters. The molecule has 1 aromatic carbocycles. The highest BCUT2D eigenvalue weighted by atomic mass is 32.1. The average molecular weight is 576 g/mol. The number of ether oxygens (including phenoxy) is 3. The molecule has 9 heteroatoms. The summed E-state index contributed by atoms with van der Waals surface area (Å²) in [6.07, 6.45) is 4.39. The zero-order chi connectivity index (χ0) is 29.3. The van der Waals surface area contributed by atoms with E-state index in [2.05, 4.69) is 47.7 Å². The van der Waals surface area contributed by atoms with Crippen molar-refractivity contribution in [2.75, 3.05) is 20.8 Å². The van der Waals surface area contributed by atoms with Gasteiger partial charge in [0.25, 0.3) is 0 Å². The molecule has 0 aliphatic heterocycles. The third-order valence-corrected chi connectivity index (χ3v) is 13.0. The van der Waals surface area contributed by atoms with Crippen molar-refractivity contribution >= 4 is 31.4 Å². The van der Waals surface area contributed by atoms with Gasteiger partial charge in [0.15, 0.2) is 14.1 Å². The normalized spacial score (nSPS) is 13.5. The number of nitrogens with zero attached hydrogens (tertiary/aromatic N) is 1. The van der Waals surface area contributed by atoms with E-state index in [1.807, 2.05) is 35.7 Å². The summed E-state index contributed by atoms with van der Waals surface area (Å²) in [6, 6.07) is 7.68. The molecule has 0 bridgehead atoms. The Kier molecular flexibility index (Phi) is 12.1. The predicted octanol–water partition coefficient (Wildman–Crippen LogP) is 6.66. The van der Waals surface area contributed by atoms with Crippen molar-refractivity contribution < 1.29 is 28.2 Å². The molecule has 0 spiro atoms. The van der Waals surface area contributed by atoms with Crippen molar-refractivity contribution in [3.63, 3.8) is 0 Å². The van der Waals surface area contributed by atoms with E-state index in [4.69, 9.17) is 23.6 Å². The molecular weight excluding hydrogens is 530 g/mol. The van der Waals surface area contributed by atoms with Gasteiger partial charge in [-0.15, -0.1) is 11.3 Å². The number of hydrogen-bond acceptors (Lipinski definition) is 8. The zero-order valence-electron chi connectivity index (χ0n) is 25.0. The molecule has 39 heavy (non-hydrogen) atoms. The maximum absolute atomic E-state index is 12.5. The fourth-order valence-electron chi connectivity index (χ4n) is 3.56. The smallest absolute Gasteiger partial charge is 0.311 e. The summed E-state index contributed by atoms with van der Waals surface area (Å²) in [7, 11) is 0.892. The fourth-order valence-corrected chi connectivity index (χ4v) is 6.00. The number of benzene rings is 1. The van der Waals surface area contributed by atoms with Crippen LogP contribution in [0.5, 0.6) is 5.75 Å². The van der Waals surface area contributed by atoms with Crippen molar-refractivity contribution in [3.05, 3.63) is 58.1 Å². The second-order valence-corrected chi connectivity index (χ2v) is 17.4. The summed E-state index contributed by atoms with van der Waals surface area (Å²) < 4.78 is 22.5. The van der Waals surface area contributed by atoms with Gasteiger partial charge < -0.3 is 18.6 Å². The monoisotopic (exact) mass is 575 g/mol. The Balaban J connectivity index is 2.04. The van der Waals surface area contributed by atoms with Crippen molar-refractivity contribution in [2.24, 2.45) is 0 Å². The van der Waals surface area contributed by atoms with Crippen LogP contribution in [-0.2, 0) is 41.9 Å². The van der Waals surface area contributed by atoms with E-state index in [0.717, 1.165) is 16.3 Å². The minimum absolute atomic E-state index is 0.0169. The lowest BCUT2D eigenvalue weighted by Gasteiger charge is -2.43. The Morgan fingerprint density at radius 2 is 1.74 bits per heavy atom. The topological polar surface area (TPSA) is 84.0 Å². The summed E-state index contributed by atoms with van der Waals surface area (Å²) in [5.41, 5.74) is 1.30. The third kappa shape index (κ3) is 9.97. The Hall–Kier alpha value is -2.33. The first-order chi connectivity index (χ1) is 18.2. The molecule has 1 heterocycles. The average Bonchev–Trinajstić information content (AvgIpc) is 3.34. The zero-order valence-corrected chi connectivity index (χ0v) is 26.8. The second kappa shape index (κ2) is 14.3. The maximum atomic E-state index is 12.5. The number of methoxy groups -OCH3 is 2. The van der Waals surface area contributed by atoms with Gasteiger partial charge in [-0.1, -0.05) is 52.8 Å². The van der Waals surface area contributed by atoms with Crippen LogP contribution in [0.3, 0.4) is 0 Å². The molecule has 0 N–H and O–H groups in total. The van der Waals surface area contributed by atoms with E-state index in [1.54, 1.807) is 13.2 Å². The molecule has 7 nitrogen and oxygen atoms in total. The van der Waals surface area contributed by atoms with Crippen molar-refractivity contribution in [3.8, 4) is 5.75 Å². The van der Waals surface area contributed by atoms with Crippen molar-refractivity contribution in [1.29, 1.82) is 0 Å². The molecule has 2 aromatic rings. The second-order valence-electron chi connectivity index (χ2n) is 11.7. The maximum Gasteiger partial charge on any atom is 0.311 e. The van der Waals surface area contributed by atoms with Gasteiger partial charge in [0.1, 0.15) is 10.8 Å². The number of allylic oxidation sites excluding steroid dienone is 1. The third-order valence-electron chi connectivity index (χ3n) is 7.28. The number of ketones is 1. The lowest BCUT2D eigenvalue weighted by molar-refractivity contribution is -0.139. The molecular formula is C30H45NO6SSi. The largest absolute Gasteiger partial charge is 0.497 e. The van der Waals surface area contributed by atoms with Crippen LogP contribution in [-0.4, -0.2) is 52.0 Å². The van der Waals surface area contributed by atoms with Crippen LogP contribution in [0.15, 0.2) is 41.8 Å². The summed E-state index contributed by atoms with van der Waals surface area (Å²) in [4.78, 5) is 29.0. The highest BCUT2D eigenvalue weighted by molar-refractivity contribution is 7.09. The molecule has 216 valence electrons. The Morgan fingerprint density at radius 3 is 2.33 bits per heavy atom. The number of carbonyl (C=O) groups excluding carboxylic acids is 2. The van der Waals surface area contributed by atoms with Gasteiger partial charge >= 0.3 is 5.97 Å². The first-order valence-electron chi connectivity index (χ1n) is 13.3. The highest BCUT2D eigenvalue weighted by Gasteiger charge is 2.44. The van der Waals surface area contributed by atoms with Crippen molar-refractivity contribution in [2.45, 2.75) is 90.1 Å². The molecule has 0 aliphatic rings. The first-order valence-corrected chi connectivity index (χ1v) is 17.1. The van der Waals surface area contributed by atoms with Crippen molar-refractivity contribution in [1.82, 2.24) is 4.98 Å². The molecule has 2 rings (SSSR count). The lowest BCUT2D eigenvalue weighted by Crippen LogP contribution is -2.49. The van der Waals surface area contributed by atoms with Crippen LogP contribution < -0.4 is 4.74 Å². The summed E-state index contributed by atoms with van der Waals surface area (Å²) >= 11 is 1.53. The number of thiazole rings is 1. The first kappa shape index (κ1) is 32.9. The van der Waals surface area contributed by atoms with Crippen LogP contribution in [0.4, 0.5) is 0 Å². The highest BCUT2D eigenvalue weighted by Crippen LogP contribution is 2.42. The quantitative estimate of drug-likeness (QED) is 0.102. The number of aromatic nitrogens is 1. The summed E-state index contributed by atoms with van der Waals surface area (Å²) in [6.45, 7) is 16.1. The predicted molar refractivity (Wildman–Crippen MR) is 159 cm³/mol. The van der Waals surface area contributed by atoms with Crippen LogP contribution in [0.25, 0.3) is 0 Å². The van der Waals surface area contributed by atoms with E-state index in [-0.39, 0.29) is 29.3 Å². The standard InChI is InChI=1S/C30H45NO6SSi/c1-29(2,3)39(8,9)37-26(30(4,5)28-31-23(21-38-28)19-27(33)35-7)12-10-11-24(32)17-18-36-20-22-13-15-25(34-6)16-14-22/h10-11,13-16,21,26H,12,17-20H2,1-9H3/b11-10+. The van der Waals surface area contributed by atoms with Gasteiger partial charge in [-0.2, -0.15) is 0 Å². The van der Waals surface area contributed by atoms with E-state index < -0.39 is 13.7 Å². The number of carbonyl (C=O) groups is 2. The van der Waals surface area contributed by atoms with Crippen LogP contribution in [0, 0.1) is 0 Å². The van der Waals surface area contributed by atoms with Crippen LogP contribution in [0.2, 0.25) is 18.1 Å². The number of esters is 1. The fraction of sp³-hybridized carbons (Fsp3) is 0.567. The Morgan fingerprint density at radius 1 is 1.08 bits per heavy atom. The van der Waals surface area contributed by atoms with Crippen LogP contribution >= 0.6 is 11.3 Å². The molecule has 0 saturated heterocycles. The molecule has 1 unspecified atom stereocenters. The van der Waals surface area contributed by atoms with E-state index in [9.17, 15) is 9.59 Å². The summed E-state index contributed by atoms with van der Waals surface area (Å²) in [5, 5.41) is 2.83. The molecule has 0 fully saturated rings. The van der Waals surface area contributed by atoms with E-state index >= 15 is 0 Å². The molecule has 1 aromatic heterocycles. The van der Waals surface area contributed by atoms with Gasteiger partial charge in [0, 0.05) is 17.2 Å². The summed E-state index contributed by atoms with van der Waals surface area (Å²) in [5.74, 6) is 0.506. The minimum atomic E-state index is -2.12. The van der Waals surface area contributed by atoms with Crippen LogP contribution in [0.1, 0.15) is 63.7 Å². The van der Waals surface area contributed by atoms with Gasteiger partial charge in [0.05, 0.1) is 45.7 Å². The molecule has 0 radical (unpaired) electrons. The Bertz CT molecular complexity index is 1100. The van der Waals surface area contributed by atoms with Gasteiger partial charge in [-0.3, -0.25) is 9.59 Å². The van der Waals surface area contributed by atoms with Gasteiger partial charge in [-0.05, 0) is 48.3 Å². The number of hydrogen-bond donors (Lipinski definition) is 0. The number of rotatable bonds is 15. The van der Waals surface area contributed by atoms with E-state index in [0.29, 0.717) is 31.7 Å². The molecule has 0 aliphatic carbocycles. The Labute approximate surface area is 239 Å². The van der Waals surface area contributed by atoms with E-state index in [1.165, 1.54) is 18.4 Å². The molecule has 0 amide bonds. The SMILES string of the molecule is COC(=O)Cc1csc(C(C)(C)C(C/C=C/C(=O)CCOCc2ccc(OC)cc2)O[Si](C)(C)C(C)(C)C)n1. The minimum Gasteiger partial charge on any atom is -0.497 e. The molecule has 0 saturated carbocycles. The van der Waals surface area contributed by atoms with Gasteiger partial charge in [0.2, 0.25) is 0 Å². The van der Waals surface area contributed by atoms with Gasteiger partial charge in [-0.25, -0.2) is 4.98 Å². The lowest BCUT2D eigenvalue weighted by atomic mass is 9.85.